The predicted molar refractivity (Wildman–Crippen MR) is 119 cm³/mol. The summed E-state index contributed by atoms with van der Waals surface area (Å²) in [4.78, 5) is 12.6. The standard InChI is InChI=1S/C20H17BrCl3N3O2/c1-2-27-18(15(21)9-26-27)10-25-20(28)13-5-3-4-12(6-13)11-29-19-16(23)7-14(22)8-17(19)24/h3-9H,2,10-11H2,1H3,(H,25,28). The summed E-state index contributed by atoms with van der Waals surface area (Å²) >= 11 is 21.6. The van der Waals surface area contributed by atoms with Gasteiger partial charge in [0.2, 0.25) is 0 Å². The first-order chi connectivity index (χ1) is 13.9. The van der Waals surface area contributed by atoms with Crippen LogP contribution in [0.15, 0.2) is 47.1 Å². The fourth-order valence-electron chi connectivity index (χ4n) is 2.73. The van der Waals surface area contributed by atoms with Crippen molar-refractivity contribution in [2.45, 2.75) is 26.6 Å². The number of hydrogen-bond acceptors (Lipinski definition) is 3. The normalized spacial score (nSPS) is 10.8. The zero-order chi connectivity index (χ0) is 21.0. The van der Waals surface area contributed by atoms with E-state index >= 15 is 0 Å². The number of aromatic nitrogens is 2. The summed E-state index contributed by atoms with van der Waals surface area (Å²) in [6, 6.07) is 10.3. The van der Waals surface area contributed by atoms with Gasteiger partial charge in [0.05, 0.1) is 33.0 Å². The average molecular weight is 518 g/mol. The molecule has 1 aromatic heterocycles. The molecule has 0 spiro atoms. The Bertz CT molecular complexity index is 1020. The largest absolute Gasteiger partial charge is 0.486 e. The molecule has 0 unspecified atom stereocenters. The van der Waals surface area contributed by atoms with Crippen LogP contribution in [0.2, 0.25) is 15.1 Å². The number of ether oxygens (including phenoxy) is 1. The number of benzene rings is 2. The molecule has 0 radical (unpaired) electrons. The minimum atomic E-state index is -0.190. The Morgan fingerprint density at radius 2 is 1.93 bits per heavy atom. The molecule has 29 heavy (non-hydrogen) atoms. The van der Waals surface area contributed by atoms with E-state index in [9.17, 15) is 4.79 Å². The Hall–Kier alpha value is -1.73. The van der Waals surface area contributed by atoms with E-state index in [1.54, 1.807) is 36.5 Å². The number of aryl methyl sites for hydroxylation is 1. The SMILES string of the molecule is CCn1ncc(Br)c1CNC(=O)c1cccc(COc2c(Cl)cc(Cl)cc2Cl)c1. The molecule has 3 rings (SSSR count). The molecule has 0 atom stereocenters. The first kappa shape index (κ1) is 22.0. The summed E-state index contributed by atoms with van der Waals surface area (Å²) in [5, 5.41) is 8.25. The molecule has 0 aliphatic carbocycles. The Morgan fingerprint density at radius 1 is 1.21 bits per heavy atom. The van der Waals surface area contributed by atoms with Crippen LogP contribution in [0.3, 0.4) is 0 Å². The van der Waals surface area contributed by atoms with Crippen LogP contribution in [0.5, 0.6) is 5.75 Å². The number of hydrogen-bond donors (Lipinski definition) is 1. The van der Waals surface area contributed by atoms with E-state index < -0.39 is 0 Å². The van der Waals surface area contributed by atoms with Gasteiger partial charge in [0.1, 0.15) is 6.61 Å². The highest BCUT2D eigenvalue weighted by Crippen LogP contribution is 2.36. The van der Waals surface area contributed by atoms with Crippen LogP contribution in [0.1, 0.15) is 28.5 Å². The van der Waals surface area contributed by atoms with Crippen LogP contribution in [0.25, 0.3) is 0 Å². The van der Waals surface area contributed by atoms with E-state index in [-0.39, 0.29) is 12.5 Å². The van der Waals surface area contributed by atoms with Gasteiger partial charge in [0.25, 0.3) is 5.91 Å². The molecule has 0 saturated carbocycles. The second-order valence-electron chi connectivity index (χ2n) is 6.13. The Kier molecular flexibility index (Phi) is 7.46. The van der Waals surface area contributed by atoms with Gasteiger partial charge < -0.3 is 10.1 Å². The van der Waals surface area contributed by atoms with Crippen LogP contribution >= 0.6 is 50.7 Å². The van der Waals surface area contributed by atoms with Crippen molar-refractivity contribution in [1.29, 1.82) is 0 Å². The molecule has 0 bridgehead atoms. The van der Waals surface area contributed by atoms with Gasteiger partial charge in [0, 0.05) is 17.1 Å². The summed E-state index contributed by atoms with van der Waals surface area (Å²) < 4.78 is 8.42. The van der Waals surface area contributed by atoms with E-state index in [4.69, 9.17) is 39.5 Å². The van der Waals surface area contributed by atoms with E-state index in [0.29, 0.717) is 32.9 Å². The van der Waals surface area contributed by atoms with Crippen molar-refractivity contribution in [1.82, 2.24) is 15.1 Å². The summed E-state index contributed by atoms with van der Waals surface area (Å²) in [5.41, 5.74) is 2.24. The summed E-state index contributed by atoms with van der Waals surface area (Å²) in [5.74, 6) is 0.162. The lowest BCUT2D eigenvalue weighted by atomic mass is 10.1. The summed E-state index contributed by atoms with van der Waals surface area (Å²) in [7, 11) is 0. The molecule has 1 N–H and O–H groups in total. The third kappa shape index (κ3) is 5.45. The molecule has 2 aromatic carbocycles. The predicted octanol–water partition coefficient (Wildman–Crippen LogP) is 6.13. The number of amides is 1. The Labute approximate surface area is 192 Å². The maximum atomic E-state index is 12.6. The highest BCUT2D eigenvalue weighted by atomic mass is 79.9. The fraction of sp³-hybridized carbons (Fsp3) is 0.200. The van der Waals surface area contributed by atoms with Crippen LogP contribution < -0.4 is 10.1 Å². The van der Waals surface area contributed by atoms with Crippen LogP contribution in [0, 0.1) is 0 Å². The second kappa shape index (κ2) is 9.85. The quantitative estimate of drug-likeness (QED) is 0.410. The molecule has 152 valence electrons. The number of nitrogens with one attached hydrogen (secondary N) is 1. The minimum absolute atomic E-state index is 0.190. The zero-order valence-electron chi connectivity index (χ0n) is 15.4. The maximum absolute atomic E-state index is 12.6. The van der Waals surface area contributed by atoms with Gasteiger partial charge in [0.15, 0.2) is 5.75 Å². The van der Waals surface area contributed by atoms with Crippen molar-refractivity contribution in [2.75, 3.05) is 0 Å². The van der Waals surface area contributed by atoms with Crippen molar-refractivity contribution < 1.29 is 9.53 Å². The molecule has 1 amide bonds. The van der Waals surface area contributed by atoms with Crippen LogP contribution in [0.4, 0.5) is 0 Å². The smallest absolute Gasteiger partial charge is 0.251 e. The van der Waals surface area contributed by atoms with Gasteiger partial charge >= 0.3 is 0 Å². The Morgan fingerprint density at radius 3 is 2.62 bits per heavy atom. The highest BCUT2D eigenvalue weighted by Gasteiger charge is 2.13. The van der Waals surface area contributed by atoms with Crippen molar-refractivity contribution >= 4 is 56.6 Å². The van der Waals surface area contributed by atoms with Gasteiger partial charge in [-0.3, -0.25) is 9.48 Å². The molecule has 0 aliphatic rings. The molecule has 1 heterocycles. The average Bonchev–Trinajstić information content (AvgIpc) is 3.05. The van der Waals surface area contributed by atoms with Crippen molar-refractivity contribution in [2.24, 2.45) is 0 Å². The maximum Gasteiger partial charge on any atom is 0.251 e. The Balaban J connectivity index is 1.66. The molecule has 9 heteroatoms. The lowest BCUT2D eigenvalue weighted by Gasteiger charge is -2.12. The molecular formula is C20H17BrCl3N3O2. The molecule has 0 fully saturated rings. The topological polar surface area (TPSA) is 56.2 Å². The van der Waals surface area contributed by atoms with Crippen molar-refractivity contribution in [3.63, 3.8) is 0 Å². The van der Waals surface area contributed by atoms with Crippen LogP contribution in [-0.4, -0.2) is 15.7 Å². The number of nitrogens with zero attached hydrogens (tertiary/aromatic N) is 2. The van der Waals surface area contributed by atoms with E-state index in [1.165, 1.54) is 0 Å². The number of carbonyl (C=O) groups is 1. The van der Waals surface area contributed by atoms with Gasteiger partial charge in [-0.15, -0.1) is 0 Å². The molecule has 5 nitrogen and oxygen atoms in total. The monoisotopic (exact) mass is 515 g/mol. The van der Waals surface area contributed by atoms with E-state index in [2.05, 4.69) is 26.3 Å². The van der Waals surface area contributed by atoms with Gasteiger partial charge in [-0.2, -0.15) is 5.10 Å². The molecule has 0 saturated heterocycles. The first-order valence-corrected chi connectivity index (χ1v) is 10.7. The molecule has 0 aliphatic heterocycles. The van der Waals surface area contributed by atoms with Gasteiger partial charge in [-0.1, -0.05) is 46.9 Å². The third-order valence-electron chi connectivity index (χ3n) is 4.15. The summed E-state index contributed by atoms with van der Waals surface area (Å²) in [6.45, 7) is 3.28. The van der Waals surface area contributed by atoms with Gasteiger partial charge in [-0.05, 0) is 52.7 Å². The van der Waals surface area contributed by atoms with Crippen molar-refractivity contribution in [3.05, 3.63) is 79.0 Å². The van der Waals surface area contributed by atoms with E-state index in [1.807, 2.05) is 17.7 Å². The van der Waals surface area contributed by atoms with Crippen LogP contribution in [-0.2, 0) is 19.7 Å². The summed E-state index contributed by atoms with van der Waals surface area (Å²) in [6.07, 6.45) is 1.72. The highest BCUT2D eigenvalue weighted by molar-refractivity contribution is 9.10. The minimum Gasteiger partial charge on any atom is -0.486 e. The number of carbonyl (C=O) groups excluding carboxylic acids is 1. The third-order valence-corrected chi connectivity index (χ3v) is 5.59. The number of rotatable bonds is 7. The lowest BCUT2D eigenvalue weighted by Crippen LogP contribution is -2.24. The zero-order valence-corrected chi connectivity index (χ0v) is 19.2. The lowest BCUT2D eigenvalue weighted by molar-refractivity contribution is 0.0949. The van der Waals surface area contributed by atoms with Gasteiger partial charge in [-0.25, -0.2) is 0 Å². The second-order valence-corrected chi connectivity index (χ2v) is 8.23. The number of halogens is 4. The molecule has 3 aromatic rings. The van der Waals surface area contributed by atoms with E-state index in [0.717, 1.165) is 22.3 Å². The first-order valence-electron chi connectivity index (χ1n) is 8.73. The fourth-order valence-corrected chi connectivity index (χ4v) is 4.09. The molecular weight excluding hydrogens is 501 g/mol. The van der Waals surface area contributed by atoms with Crippen molar-refractivity contribution in [3.8, 4) is 5.75 Å².